The van der Waals surface area contributed by atoms with Gasteiger partial charge in [0.1, 0.15) is 6.10 Å². The van der Waals surface area contributed by atoms with Crippen LogP contribution in [-0.4, -0.2) is 23.1 Å². The van der Waals surface area contributed by atoms with Crippen LogP contribution in [0.15, 0.2) is 34.9 Å². The Morgan fingerprint density at radius 2 is 1.97 bits per heavy atom. The molecule has 0 heterocycles. The molecule has 5 atom stereocenters. The second-order valence-corrected chi connectivity index (χ2v) is 9.64. The lowest BCUT2D eigenvalue weighted by Gasteiger charge is -2.60. The molecule has 1 N–H and O–H groups in total. The smallest absolute Gasteiger partial charge is 0.333 e. The summed E-state index contributed by atoms with van der Waals surface area (Å²) < 4.78 is 6.09. The molecule has 2 aliphatic carbocycles. The number of carbonyl (C=O) groups is 2. The van der Waals surface area contributed by atoms with E-state index in [2.05, 4.69) is 33.8 Å². The van der Waals surface area contributed by atoms with Crippen molar-refractivity contribution in [2.75, 3.05) is 0 Å². The largest absolute Gasteiger partial charge is 0.478 e. The molecular weight excluding hydrogens is 364 g/mol. The summed E-state index contributed by atoms with van der Waals surface area (Å²) >= 11 is 0. The Morgan fingerprint density at radius 1 is 1.31 bits per heavy atom. The Morgan fingerprint density at radius 3 is 2.55 bits per heavy atom. The van der Waals surface area contributed by atoms with Gasteiger partial charge in [0.25, 0.3) is 0 Å². The van der Waals surface area contributed by atoms with E-state index < -0.39 is 5.97 Å². The van der Waals surface area contributed by atoms with Crippen LogP contribution < -0.4 is 0 Å². The molecule has 0 aliphatic heterocycles. The number of allylic oxidation sites excluding steroid dienone is 3. The lowest BCUT2D eigenvalue weighted by Crippen LogP contribution is -2.57. The van der Waals surface area contributed by atoms with Crippen molar-refractivity contribution in [1.82, 2.24) is 0 Å². The summed E-state index contributed by atoms with van der Waals surface area (Å²) in [5, 5.41) is 9.05. The maximum atomic E-state index is 12.6. The molecule has 29 heavy (non-hydrogen) atoms. The van der Waals surface area contributed by atoms with Gasteiger partial charge in [0.05, 0.1) is 0 Å². The fraction of sp³-hybridized carbons (Fsp3) is 0.680. The van der Waals surface area contributed by atoms with Crippen LogP contribution in [-0.2, 0) is 14.3 Å². The zero-order valence-electron chi connectivity index (χ0n) is 19.2. The third kappa shape index (κ3) is 4.51. The minimum absolute atomic E-state index is 0.0659. The molecular formula is C25H38O4. The van der Waals surface area contributed by atoms with Crippen molar-refractivity contribution < 1.29 is 19.4 Å². The number of ether oxygens (including phenoxy) is 1. The van der Waals surface area contributed by atoms with E-state index in [1.54, 1.807) is 13.0 Å². The second-order valence-electron chi connectivity index (χ2n) is 9.64. The molecule has 0 aromatic carbocycles. The van der Waals surface area contributed by atoms with Crippen LogP contribution >= 0.6 is 0 Å². The highest BCUT2D eigenvalue weighted by Crippen LogP contribution is 2.62. The third-order valence-corrected chi connectivity index (χ3v) is 8.07. The predicted octanol–water partition coefficient (Wildman–Crippen LogP) is 6.08. The Hall–Kier alpha value is -1.84. The number of hydrogen-bond acceptors (Lipinski definition) is 3. The fourth-order valence-electron chi connectivity index (χ4n) is 5.61. The Kier molecular flexibility index (Phi) is 7.19. The van der Waals surface area contributed by atoms with Gasteiger partial charge in [0, 0.05) is 17.1 Å². The summed E-state index contributed by atoms with van der Waals surface area (Å²) in [6.45, 7) is 14.7. The van der Waals surface area contributed by atoms with E-state index in [1.165, 1.54) is 11.6 Å². The van der Waals surface area contributed by atoms with Crippen LogP contribution in [0.2, 0.25) is 0 Å². The average molecular weight is 403 g/mol. The normalized spacial score (nSPS) is 35.6. The van der Waals surface area contributed by atoms with Gasteiger partial charge in [0.2, 0.25) is 0 Å². The van der Waals surface area contributed by atoms with Crippen molar-refractivity contribution >= 4 is 11.9 Å². The third-order valence-electron chi connectivity index (χ3n) is 8.07. The highest BCUT2D eigenvalue weighted by molar-refractivity contribution is 5.87. The van der Waals surface area contributed by atoms with Gasteiger partial charge < -0.3 is 9.84 Å². The molecule has 0 aromatic heterocycles. The minimum Gasteiger partial charge on any atom is -0.478 e. The number of aliphatic carboxylic acids is 1. The first-order valence-electron chi connectivity index (χ1n) is 10.9. The summed E-state index contributed by atoms with van der Waals surface area (Å²) in [5.74, 6) is -0.318. The number of carboxylic acid groups (broad SMARTS) is 1. The van der Waals surface area contributed by atoms with Crippen molar-refractivity contribution in [2.24, 2.45) is 22.7 Å². The van der Waals surface area contributed by atoms with Crippen LogP contribution in [0.4, 0.5) is 0 Å². The number of rotatable bonds is 6. The number of carbonyl (C=O) groups excluding carboxylic acids is 1. The van der Waals surface area contributed by atoms with Gasteiger partial charge in [-0.1, -0.05) is 44.1 Å². The Balaban J connectivity index is 2.37. The lowest BCUT2D eigenvalue weighted by atomic mass is 9.46. The van der Waals surface area contributed by atoms with Gasteiger partial charge in [-0.2, -0.15) is 0 Å². The summed E-state index contributed by atoms with van der Waals surface area (Å²) in [6.07, 6.45) is 10.00. The van der Waals surface area contributed by atoms with Gasteiger partial charge in [-0.15, -0.1) is 0 Å². The Bertz CT molecular complexity index is 744. The van der Waals surface area contributed by atoms with Crippen molar-refractivity contribution in [1.29, 1.82) is 0 Å². The maximum absolute atomic E-state index is 12.6. The molecule has 0 saturated heterocycles. The van der Waals surface area contributed by atoms with Crippen molar-refractivity contribution in [3.8, 4) is 0 Å². The van der Waals surface area contributed by atoms with Crippen LogP contribution in [0.25, 0.3) is 0 Å². The molecule has 2 rings (SSSR count). The summed E-state index contributed by atoms with van der Waals surface area (Å²) in [4.78, 5) is 23.6. The first-order chi connectivity index (χ1) is 13.5. The average Bonchev–Trinajstić information content (AvgIpc) is 2.65. The van der Waals surface area contributed by atoms with Crippen molar-refractivity contribution in [3.63, 3.8) is 0 Å². The number of esters is 1. The topological polar surface area (TPSA) is 63.6 Å². The molecule has 1 fully saturated rings. The van der Waals surface area contributed by atoms with Gasteiger partial charge in [-0.05, 0) is 77.0 Å². The molecule has 0 spiro atoms. The van der Waals surface area contributed by atoms with E-state index in [1.807, 2.05) is 13.8 Å². The zero-order chi connectivity index (χ0) is 22.0. The number of fused-ring (bicyclic) bond motifs is 1. The van der Waals surface area contributed by atoms with Crippen LogP contribution in [0, 0.1) is 22.7 Å². The highest BCUT2D eigenvalue weighted by atomic mass is 16.5. The van der Waals surface area contributed by atoms with Gasteiger partial charge in [-0.25, -0.2) is 9.59 Å². The molecule has 162 valence electrons. The van der Waals surface area contributed by atoms with E-state index in [4.69, 9.17) is 9.84 Å². The molecule has 4 heteroatoms. The predicted molar refractivity (Wildman–Crippen MR) is 116 cm³/mol. The quantitative estimate of drug-likeness (QED) is 0.332. The standard InChI is InChI=1S/C25H38O4/c1-8-17(3)23(28)29-21-15-19(5)24(6,13-12-16(2)14-22(26)27)20-11-9-10-18(4)25(20,21)7/h8,10,14,19-21H,9,11-13,15H2,1-7H3,(H,26,27). The van der Waals surface area contributed by atoms with Crippen LogP contribution in [0.1, 0.15) is 80.6 Å². The van der Waals surface area contributed by atoms with Crippen LogP contribution in [0.5, 0.6) is 0 Å². The molecule has 0 radical (unpaired) electrons. The molecule has 0 aromatic rings. The van der Waals surface area contributed by atoms with Crippen molar-refractivity contribution in [3.05, 3.63) is 34.9 Å². The zero-order valence-corrected chi connectivity index (χ0v) is 19.2. The summed E-state index contributed by atoms with van der Waals surface area (Å²) in [6, 6.07) is 0. The Labute approximate surface area is 176 Å². The molecule has 2 aliphatic rings. The molecule has 5 unspecified atom stereocenters. The van der Waals surface area contributed by atoms with Gasteiger partial charge in [-0.3, -0.25) is 0 Å². The first kappa shape index (κ1) is 23.4. The highest BCUT2D eigenvalue weighted by Gasteiger charge is 2.58. The minimum atomic E-state index is -0.878. The second kappa shape index (κ2) is 8.89. The van der Waals surface area contributed by atoms with E-state index >= 15 is 0 Å². The SMILES string of the molecule is CC=C(C)C(=O)OC1CC(C)C(C)(CCC(C)=CC(=O)O)C2CCC=C(C)C12C. The fourth-order valence-corrected chi connectivity index (χ4v) is 5.61. The van der Waals surface area contributed by atoms with E-state index in [9.17, 15) is 9.59 Å². The van der Waals surface area contributed by atoms with Crippen molar-refractivity contribution in [2.45, 2.75) is 86.7 Å². The maximum Gasteiger partial charge on any atom is 0.333 e. The molecule has 0 bridgehead atoms. The molecule has 0 amide bonds. The van der Waals surface area contributed by atoms with E-state index in [0.29, 0.717) is 17.4 Å². The lowest BCUT2D eigenvalue weighted by molar-refractivity contribution is -0.172. The monoisotopic (exact) mass is 402 g/mol. The van der Waals surface area contributed by atoms with E-state index in [0.717, 1.165) is 37.7 Å². The van der Waals surface area contributed by atoms with Gasteiger partial charge >= 0.3 is 11.9 Å². The summed E-state index contributed by atoms with van der Waals surface area (Å²) in [5.41, 5.74) is 2.76. The summed E-state index contributed by atoms with van der Waals surface area (Å²) in [7, 11) is 0. The number of hydrogen-bond donors (Lipinski definition) is 1. The van der Waals surface area contributed by atoms with Crippen LogP contribution in [0.3, 0.4) is 0 Å². The number of carboxylic acids is 1. The van der Waals surface area contributed by atoms with Gasteiger partial charge in [0.15, 0.2) is 0 Å². The van der Waals surface area contributed by atoms with E-state index in [-0.39, 0.29) is 22.9 Å². The first-order valence-corrected chi connectivity index (χ1v) is 10.9. The molecule has 1 saturated carbocycles. The molecule has 4 nitrogen and oxygen atoms in total.